The number of fused-ring (bicyclic) bond motifs is 1. The number of esters is 1. The molecule has 0 spiro atoms. The molecule has 0 aliphatic heterocycles. The Morgan fingerprint density at radius 2 is 1.52 bits per heavy atom. The Hall–Kier alpha value is -5.68. The molecule has 0 saturated heterocycles. The minimum absolute atomic E-state index is 0.0214. The molecule has 2 aromatic heterocycles. The quantitative estimate of drug-likeness (QED) is 0.0132. The Morgan fingerprint density at radius 3 is 2.12 bits per heavy atom. The minimum Gasteiger partial charge on any atom is -0.481 e. The molecule has 0 aliphatic carbocycles. The number of benzene rings is 1. The monoisotopic (exact) mass is 1070 g/mol. The molecule has 23 heteroatoms. The third kappa shape index (κ3) is 21.7. The van der Waals surface area contributed by atoms with Gasteiger partial charge in [0.25, 0.3) is 17.9 Å². The van der Waals surface area contributed by atoms with Gasteiger partial charge in [-0.3, -0.25) is 43.9 Å². The van der Waals surface area contributed by atoms with E-state index in [2.05, 4.69) is 55.1 Å². The molecule has 0 bridgehead atoms. The number of anilines is 2. The van der Waals surface area contributed by atoms with Gasteiger partial charge in [0.05, 0.1) is 25.5 Å². The molecule has 1 aromatic carbocycles. The first-order chi connectivity index (χ1) is 34.5. The van der Waals surface area contributed by atoms with Crippen LogP contribution in [0.5, 0.6) is 0 Å². The Bertz CT molecular complexity index is 2420. The smallest absolute Gasteiger partial charge is 0.326 e. The van der Waals surface area contributed by atoms with Crippen molar-refractivity contribution >= 4 is 104 Å². The number of carboxylic acid groups (broad SMARTS) is 2. The van der Waals surface area contributed by atoms with Crippen LogP contribution in [0.25, 0.3) is 11.2 Å². The number of thiocarbonyl (C=S) groups is 1. The fourth-order valence-electron chi connectivity index (χ4n) is 7.95. The van der Waals surface area contributed by atoms with Crippen molar-refractivity contribution in [2.75, 3.05) is 17.7 Å². The lowest BCUT2D eigenvalue weighted by molar-refractivity contribution is -0.146. The van der Waals surface area contributed by atoms with Crippen LogP contribution in [0, 0.1) is 11.8 Å². The minimum atomic E-state index is -1.42. The SMILES string of the molecule is CCCCCCCCCCC(C)SC(=S)SC(C)(CC(CC(CC(C)(C)OC=O)C(=O)NC(C)C)C(=O)Nc1nc2ncc(CNc3ccc(C(=O)NC(CCC(=O)O)C(=O)O)cc3)nc2c(=O)[nH]1)C(=O)OC. The number of aromatic amines is 1. The maximum atomic E-state index is 14.6. The van der Waals surface area contributed by atoms with Gasteiger partial charge in [0, 0.05) is 40.8 Å². The summed E-state index contributed by atoms with van der Waals surface area (Å²) in [5.74, 6) is -7.26. The first-order valence-corrected chi connectivity index (χ1v) is 26.7. The van der Waals surface area contributed by atoms with Crippen LogP contribution < -0.4 is 26.8 Å². The molecule has 0 fully saturated rings. The molecule has 0 radical (unpaired) electrons. The summed E-state index contributed by atoms with van der Waals surface area (Å²) in [7, 11) is 1.25. The number of nitrogens with one attached hydrogen (secondary N) is 5. The topological polar surface area (TPSA) is 298 Å². The summed E-state index contributed by atoms with van der Waals surface area (Å²) < 4.78 is 9.71. The van der Waals surface area contributed by atoms with Crippen LogP contribution in [-0.2, 0) is 44.8 Å². The number of ether oxygens (including phenoxy) is 2. The van der Waals surface area contributed by atoms with Crippen molar-refractivity contribution in [1.29, 1.82) is 0 Å². The van der Waals surface area contributed by atoms with E-state index >= 15 is 0 Å². The highest BCUT2D eigenvalue weighted by Gasteiger charge is 2.43. The van der Waals surface area contributed by atoms with Crippen molar-refractivity contribution in [3.05, 3.63) is 52.1 Å². The van der Waals surface area contributed by atoms with Crippen LogP contribution >= 0.6 is 35.7 Å². The molecular weight excluding hydrogens is 1000 g/mol. The first-order valence-electron chi connectivity index (χ1n) is 24.6. The van der Waals surface area contributed by atoms with E-state index in [-0.39, 0.29) is 66.2 Å². The van der Waals surface area contributed by atoms with Gasteiger partial charge in [0.1, 0.15) is 19.9 Å². The summed E-state index contributed by atoms with van der Waals surface area (Å²) >= 11 is 8.46. The Morgan fingerprint density at radius 1 is 0.877 bits per heavy atom. The van der Waals surface area contributed by atoms with E-state index in [0.29, 0.717) is 21.4 Å². The number of nitrogens with zero attached hydrogens (tertiary/aromatic N) is 3. The number of hydrogen-bond donors (Lipinski definition) is 7. The number of H-pyrrole nitrogens is 1. The number of carbonyl (C=O) groups excluding carboxylic acids is 5. The number of thioether (sulfide) groups is 2. The summed E-state index contributed by atoms with van der Waals surface area (Å²) in [6.07, 6.45) is 10.9. The van der Waals surface area contributed by atoms with E-state index < -0.39 is 75.8 Å². The van der Waals surface area contributed by atoms with Crippen LogP contribution in [-0.4, -0.2) is 111 Å². The van der Waals surface area contributed by atoms with Gasteiger partial charge in [-0.05, 0) is 91.0 Å². The molecule has 0 aliphatic rings. The summed E-state index contributed by atoms with van der Waals surface area (Å²) in [4.78, 5) is 118. The summed E-state index contributed by atoms with van der Waals surface area (Å²) in [5.41, 5.74) is -1.09. The predicted molar refractivity (Wildman–Crippen MR) is 286 cm³/mol. The normalized spacial score (nSPS) is 13.9. The van der Waals surface area contributed by atoms with E-state index in [1.807, 2.05) is 0 Å². The number of hydrogen-bond acceptors (Lipinski definition) is 17. The molecule has 7 N–H and O–H groups in total. The maximum absolute atomic E-state index is 14.6. The number of carbonyl (C=O) groups is 7. The highest BCUT2D eigenvalue weighted by molar-refractivity contribution is 8.47. The van der Waals surface area contributed by atoms with Crippen LogP contribution in [0.2, 0.25) is 0 Å². The van der Waals surface area contributed by atoms with Crippen LogP contribution in [0.15, 0.2) is 35.3 Å². The summed E-state index contributed by atoms with van der Waals surface area (Å²) in [6, 6.07) is 4.36. The van der Waals surface area contributed by atoms with Crippen LogP contribution in [0.3, 0.4) is 0 Å². The third-order valence-electron chi connectivity index (χ3n) is 11.8. The molecule has 0 saturated carbocycles. The molecule has 20 nitrogen and oxygen atoms in total. The van der Waals surface area contributed by atoms with E-state index in [1.54, 1.807) is 46.8 Å². The van der Waals surface area contributed by atoms with Gasteiger partial charge in [0.15, 0.2) is 11.2 Å². The average Bonchev–Trinajstić information content (AvgIpc) is 3.31. The van der Waals surface area contributed by atoms with Gasteiger partial charge in [-0.25, -0.2) is 14.8 Å². The number of amides is 3. The molecule has 73 heavy (non-hydrogen) atoms. The second-order valence-corrected chi connectivity index (χ2v) is 23.3. The fourth-order valence-corrected chi connectivity index (χ4v) is 11.7. The molecule has 5 unspecified atom stereocenters. The van der Waals surface area contributed by atoms with Crippen molar-refractivity contribution < 1.29 is 53.2 Å². The largest absolute Gasteiger partial charge is 0.481 e. The molecule has 402 valence electrons. The molecular formula is C50H72N8O12S3. The number of rotatable bonds is 33. The predicted octanol–water partition coefficient (Wildman–Crippen LogP) is 7.79. The third-order valence-corrected chi connectivity index (χ3v) is 14.6. The lowest BCUT2D eigenvalue weighted by Crippen LogP contribution is -2.44. The number of aromatic nitrogens is 4. The van der Waals surface area contributed by atoms with E-state index in [4.69, 9.17) is 26.8 Å². The fraction of sp³-hybridized carbons (Fsp3) is 0.600. The molecule has 3 rings (SSSR count). The molecule has 2 heterocycles. The van der Waals surface area contributed by atoms with Gasteiger partial charge < -0.3 is 35.6 Å². The average molecular weight is 1070 g/mol. The van der Waals surface area contributed by atoms with Gasteiger partial charge >= 0.3 is 17.9 Å². The molecule has 5 atom stereocenters. The summed E-state index contributed by atoms with van der Waals surface area (Å²) in [5, 5.41) is 29.4. The standard InChI is InChI=1S/C50H72N8O12S3/c1-9-10-11-12-13-14-15-16-17-31(4)72-48(71)73-50(7,46(68)69-8)26-34(24-33(42(63)53-30(2)3)25-49(5,6)70-29-59)43(64)57-47-56-40-39(44(65)58-47)54-36(28-52-40)27-51-35-20-18-32(19-21-35)41(62)55-37(45(66)67)22-23-38(60)61/h18-21,28-31,33-34,37,51H,9-17,22-27H2,1-8H3,(H,53,63)(H,55,62)(H,60,61)(H,66,67)(H2,52,56,57,58,64,65). The lowest BCUT2D eigenvalue weighted by Gasteiger charge is -2.33. The van der Waals surface area contributed by atoms with Crippen LogP contribution in [0.4, 0.5) is 11.6 Å². The van der Waals surface area contributed by atoms with Gasteiger partial charge in [-0.2, -0.15) is 4.98 Å². The molecule has 3 amide bonds. The van der Waals surface area contributed by atoms with Gasteiger partial charge in [0.2, 0.25) is 17.8 Å². The van der Waals surface area contributed by atoms with Crippen molar-refractivity contribution in [3.8, 4) is 0 Å². The number of aliphatic carboxylic acids is 2. The van der Waals surface area contributed by atoms with E-state index in [9.17, 15) is 43.5 Å². The number of carboxylic acids is 2. The Kier molecular flexibility index (Phi) is 25.7. The van der Waals surface area contributed by atoms with Crippen molar-refractivity contribution in [2.24, 2.45) is 11.8 Å². The Labute approximate surface area is 440 Å². The second kappa shape index (κ2) is 30.5. The Balaban J connectivity index is 1.86. The highest BCUT2D eigenvalue weighted by Crippen LogP contribution is 2.41. The number of unbranched alkanes of at least 4 members (excludes halogenated alkanes) is 7. The van der Waals surface area contributed by atoms with E-state index in [0.717, 1.165) is 31.0 Å². The lowest BCUT2D eigenvalue weighted by atomic mass is 9.81. The zero-order valence-electron chi connectivity index (χ0n) is 43.0. The van der Waals surface area contributed by atoms with E-state index in [1.165, 1.54) is 75.7 Å². The highest BCUT2D eigenvalue weighted by atomic mass is 32.2. The maximum Gasteiger partial charge on any atom is 0.326 e. The van der Waals surface area contributed by atoms with Crippen molar-refractivity contribution in [2.45, 2.75) is 173 Å². The van der Waals surface area contributed by atoms with Crippen molar-refractivity contribution in [1.82, 2.24) is 30.6 Å². The van der Waals surface area contributed by atoms with Gasteiger partial charge in [-0.1, -0.05) is 89.2 Å². The second-order valence-electron chi connectivity index (χ2n) is 19.1. The van der Waals surface area contributed by atoms with Crippen LogP contribution in [0.1, 0.15) is 154 Å². The zero-order chi connectivity index (χ0) is 54.3. The van der Waals surface area contributed by atoms with Gasteiger partial charge in [-0.15, -0.1) is 11.8 Å². The molecule has 3 aromatic rings. The van der Waals surface area contributed by atoms with Crippen molar-refractivity contribution in [3.63, 3.8) is 0 Å². The first kappa shape index (κ1) is 61.6. The number of methoxy groups -OCH3 is 1. The summed E-state index contributed by atoms with van der Waals surface area (Å²) in [6.45, 7) is 13.2. The zero-order valence-corrected chi connectivity index (χ0v) is 45.5.